The number of nitrogens with zero attached hydrogens (tertiary/aromatic N) is 4. The number of aryl methyl sites for hydroxylation is 3. The molecule has 1 aliphatic carbocycles. The van der Waals surface area contributed by atoms with Gasteiger partial charge in [0.2, 0.25) is 5.96 Å². The van der Waals surface area contributed by atoms with Crippen LogP contribution in [0.2, 0.25) is 0 Å². The van der Waals surface area contributed by atoms with Gasteiger partial charge in [-0.05, 0) is 51.2 Å². The summed E-state index contributed by atoms with van der Waals surface area (Å²) in [5.41, 5.74) is 5.10. The molecule has 2 aromatic rings. The Hall–Kier alpha value is -1.70. The van der Waals surface area contributed by atoms with Crippen molar-refractivity contribution in [3.8, 4) is 0 Å². The maximum absolute atomic E-state index is 5.59. The number of hydrogen-bond acceptors (Lipinski definition) is 6. The molecule has 0 aromatic carbocycles. The number of aliphatic imine (C=N–C) groups is 1. The van der Waals surface area contributed by atoms with Crippen molar-refractivity contribution in [1.29, 1.82) is 0 Å². The van der Waals surface area contributed by atoms with Crippen molar-refractivity contribution < 1.29 is 4.74 Å². The van der Waals surface area contributed by atoms with Gasteiger partial charge in [0.1, 0.15) is 11.2 Å². The first-order valence-electron chi connectivity index (χ1n) is 9.55. The van der Waals surface area contributed by atoms with E-state index in [4.69, 9.17) is 9.73 Å². The molecule has 0 radical (unpaired) electrons. The number of morpholine rings is 1. The molecule has 4 heterocycles. The Bertz CT molecular complexity index is 862. The lowest BCUT2D eigenvalue weighted by molar-refractivity contribution is 0.0176. The van der Waals surface area contributed by atoms with Crippen LogP contribution in [0.3, 0.4) is 0 Å². The van der Waals surface area contributed by atoms with Gasteiger partial charge in [-0.1, -0.05) is 0 Å². The fourth-order valence-electron chi connectivity index (χ4n) is 4.31. The minimum Gasteiger partial charge on any atom is -0.379 e. The van der Waals surface area contributed by atoms with Crippen LogP contribution in [0.4, 0.5) is 5.00 Å². The zero-order valence-electron chi connectivity index (χ0n) is 15.4. The molecule has 7 heteroatoms. The van der Waals surface area contributed by atoms with E-state index in [1.54, 1.807) is 10.4 Å². The average molecular weight is 372 g/mol. The number of nitrogens with one attached hydrogen (secondary N) is 1. The third kappa shape index (κ3) is 2.69. The highest BCUT2D eigenvalue weighted by atomic mass is 32.1. The molecule has 26 heavy (non-hydrogen) atoms. The number of aromatic nitrogens is 2. The topological polar surface area (TPSA) is 54.7 Å². The molecule has 0 spiro atoms. The minimum atomic E-state index is 0.0761. The Labute approximate surface area is 157 Å². The molecular formula is C19H25N5OS. The lowest BCUT2D eigenvalue weighted by Crippen LogP contribution is -2.41. The summed E-state index contributed by atoms with van der Waals surface area (Å²) in [5.74, 6) is 0.846. The Kier molecular flexibility index (Phi) is 4.10. The second-order valence-corrected chi connectivity index (χ2v) is 8.50. The molecule has 2 aliphatic heterocycles. The zero-order chi connectivity index (χ0) is 17.7. The van der Waals surface area contributed by atoms with Gasteiger partial charge in [-0.15, -0.1) is 11.3 Å². The van der Waals surface area contributed by atoms with Gasteiger partial charge in [-0.3, -0.25) is 4.90 Å². The summed E-state index contributed by atoms with van der Waals surface area (Å²) in [4.78, 5) is 9.18. The molecule has 6 nitrogen and oxygen atoms in total. The summed E-state index contributed by atoms with van der Waals surface area (Å²) < 4.78 is 7.53. The first-order chi connectivity index (χ1) is 12.7. The number of ether oxygens (including phenoxy) is 1. The molecule has 5 rings (SSSR count). The monoisotopic (exact) mass is 371 g/mol. The van der Waals surface area contributed by atoms with Gasteiger partial charge in [-0.2, -0.15) is 5.10 Å². The van der Waals surface area contributed by atoms with Crippen molar-refractivity contribution in [2.45, 2.75) is 45.7 Å². The van der Waals surface area contributed by atoms with Gasteiger partial charge in [0.15, 0.2) is 0 Å². The molecule has 1 saturated heterocycles. The van der Waals surface area contributed by atoms with Gasteiger partial charge < -0.3 is 10.1 Å². The molecule has 0 saturated carbocycles. The SMILES string of the molecule is Cc1cc(C)n(C2=N[C@H](N3CCOCC3)c3c(sc4c3CCCC4)N2)n1. The lowest BCUT2D eigenvalue weighted by atomic mass is 9.93. The smallest absolute Gasteiger partial charge is 0.226 e. The first-order valence-corrected chi connectivity index (χ1v) is 10.4. The van der Waals surface area contributed by atoms with Crippen LogP contribution in [0.1, 0.15) is 46.4 Å². The summed E-state index contributed by atoms with van der Waals surface area (Å²) in [5, 5.41) is 9.53. The van der Waals surface area contributed by atoms with Crippen molar-refractivity contribution in [3.63, 3.8) is 0 Å². The number of thiophene rings is 1. The molecule has 0 unspecified atom stereocenters. The Morgan fingerprint density at radius 2 is 2.00 bits per heavy atom. The highest BCUT2D eigenvalue weighted by Crippen LogP contribution is 2.45. The van der Waals surface area contributed by atoms with E-state index in [1.165, 1.54) is 36.2 Å². The summed E-state index contributed by atoms with van der Waals surface area (Å²) >= 11 is 1.93. The number of fused-ring (bicyclic) bond motifs is 3. The fourth-order valence-corrected chi connectivity index (χ4v) is 5.62. The van der Waals surface area contributed by atoms with Crippen LogP contribution in [0.15, 0.2) is 11.1 Å². The Morgan fingerprint density at radius 3 is 2.77 bits per heavy atom. The fraction of sp³-hybridized carbons (Fsp3) is 0.579. The maximum atomic E-state index is 5.59. The van der Waals surface area contributed by atoms with Crippen LogP contribution in [0.5, 0.6) is 0 Å². The van der Waals surface area contributed by atoms with Crippen molar-refractivity contribution >= 4 is 22.3 Å². The number of anilines is 1. The van der Waals surface area contributed by atoms with E-state index >= 15 is 0 Å². The quantitative estimate of drug-likeness (QED) is 0.837. The standard InChI is InChI=1S/C19H25N5OS/c1-12-11-13(2)24(22-12)19-20-17(23-7-9-25-10-8-23)16-14-5-3-4-6-15(14)26-18(16)21-19/h11,17H,3-10H2,1-2H3,(H,20,21)/t17-/m1/s1. The predicted octanol–water partition coefficient (Wildman–Crippen LogP) is 3.10. The van der Waals surface area contributed by atoms with Crippen molar-refractivity contribution in [1.82, 2.24) is 14.7 Å². The Balaban J connectivity index is 1.61. The number of rotatable bonds is 1. The molecule has 1 fully saturated rings. The Morgan fingerprint density at radius 1 is 1.19 bits per heavy atom. The van der Waals surface area contributed by atoms with E-state index in [2.05, 4.69) is 28.3 Å². The van der Waals surface area contributed by atoms with Crippen LogP contribution >= 0.6 is 11.3 Å². The molecule has 138 valence electrons. The van der Waals surface area contributed by atoms with Crippen LogP contribution < -0.4 is 5.32 Å². The second kappa shape index (κ2) is 6.48. The maximum Gasteiger partial charge on any atom is 0.226 e. The summed E-state index contributed by atoms with van der Waals surface area (Å²) in [6.07, 6.45) is 5.07. The van der Waals surface area contributed by atoms with E-state index < -0.39 is 0 Å². The molecule has 1 atom stereocenters. The second-order valence-electron chi connectivity index (χ2n) is 7.39. The van der Waals surface area contributed by atoms with Gasteiger partial charge in [-0.25, -0.2) is 9.67 Å². The normalized spacial score (nSPS) is 23.2. The largest absolute Gasteiger partial charge is 0.379 e. The third-order valence-electron chi connectivity index (χ3n) is 5.54. The van der Waals surface area contributed by atoms with Crippen molar-refractivity contribution in [2.75, 3.05) is 31.6 Å². The summed E-state index contributed by atoms with van der Waals surface area (Å²) in [7, 11) is 0. The molecule has 2 aromatic heterocycles. The van der Waals surface area contributed by atoms with E-state index in [9.17, 15) is 0 Å². The van der Waals surface area contributed by atoms with E-state index in [-0.39, 0.29) is 6.17 Å². The van der Waals surface area contributed by atoms with Gasteiger partial charge in [0.25, 0.3) is 0 Å². The van der Waals surface area contributed by atoms with E-state index in [0.29, 0.717) is 0 Å². The summed E-state index contributed by atoms with van der Waals surface area (Å²) in [6, 6.07) is 2.10. The summed E-state index contributed by atoms with van der Waals surface area (Å²) in [6.45, 7) is 7.56. The van der Waals surface area contributed by atoms with Gasteiger partial charge >= 0.3 is 0 Å². The third-order valence-corrected chi connectivity index (χ3v) is 6.77. The molecule has 3 aliphatic rings. The molecule has 0 amide bonds. The van der Waals surface area contributed by atoms with Crippen LogP contribution in [0, 0.1) is 13.8 Å². The molecule has 0 bridgehead atoms. The van der Waals surface area contributed by atoms with E-state index in [1.807, 2.05) is 22.9 Å². The van der Waals surface area contributed by atoms with Crippen molar-refractivity contribution in [3.05, 3.63) is 33.5 Å². The first kappa shape index (κ1) is 16.5. The number of hydrogen-bond donors (Lipinski definition) is 1. The zero-order valence-corrected chi connectivity index (χ0v) is 16.2. The van der Waals surface area contributed by atoms with Gasteiger partial charge in [0.05, 0.1) is 18.9 Å². The van der Waals surface area contributed by atoms with E-state index in [0.717, 1.165) is 43.7 Å². The highest BCUT2D eigenvalue weighted by molar-refractivity contribution is 7.16. The average Bonchev–Trinajstić information content (AvgIpc) is 3.20. The molecular weight excluding hydrogens is 346 g/mol. The van der Waals surface area contributed by atoms with Crippen LogP contribution in [0.25, 0.3) is 0 Å². The van der Waals surface area contributed by atoms with Gasteiger partial charge in [0, 0.05) is 29.2 Å². The highest BCUT2D eigenvalue weighted by Gasteiger charge is 2.35. The van der Waals surface area contributed by atoms with Crippen molar-refractivity contribution in [2.24, 2.45) is 4.99 Å². The lowest BCUT2D eigenvalue weighted by Gasteiger charge is -2.35. The van der Waals surface area contributed by atoms with Crippen LogP contribution in [-0.4, -0.2) is 46.9 Å². The minimum absolute atomic E-state index is 0.0761. The predicted molar refractivity (Wildman–Crippen MR) is 104 cm³/mol. The molecule has 1 N–H and O–H groups in total. The van der Waals surface area contributed by atoms with Crippen LogP contribution in [-0.2, 0) is 17.6 Å².